The standard InChI is InChI=1S/C38H56N6O5/c1-25(45)48-35-18-31(46)8-12-38(11-2-3-28(35)15-26-4-7-34(47)36(17-26)49-32-9-13-40-14-10-32)23-41-37(39)42-24-43-19-27-16-29(21-43)33-6-5-30(38)22-44(33)20-27/h4,7,17,27-33,35,40,46-47H,3,5-6,8-10,12-16,18-24H2,1H3,(H3,39,41,42). The number of carbonyl (C=O) groups is 1. The summed E-state index contributed by atoms with van der Waals surface area (Å²) in [6.45, 7) is 8.77. The third-order valence-electron chi connectivity index (χ3n) is 12.3. The number of ether oxygens (including phenoxy) is 2. The second kappa shape index (κ2) is 15.1. The SMILES string of the molecule is CC(=O)OC1CC(O)CCC2(C#CCC1Cc1ccc(O)c(OC3CCNCC3)c1)CNC(N)=NCN1CC3CC(C1)C1CCC2CN1C3. The second-order valence-corrected chi connectivity index (χ2v) is 15.8. The number of carbonyl (C=O) groups excluding carboxylic acids is 1. The first-order valence-corrected chi connectivity index (χ1v) is 18.8. The molecule has 0 aromatic heterocycles. The summed E-state index contributed by atoms with van der Waals surface area (Å²) in [6, 6.07) is 6.13. The van der Waals surface area contributed by atoms with Crippen molar-refractivity contribution in [3.63, 3.8) is 0 Å². The number of nitrogens with zero attached hydrogens (tertiary/aromatic N) is 3. The van der Waals surface area contributed by atoms with E-state index >= 15 is 0 Å². The fraction of sp³-hybridized carbons (Fsp3) is 0.737. The van der Waals surface area contributed by atoms with Crippen LogP contribution in [0.3, 0.4) is 0 Å². The van der Waals surface area contributed by atoms with Crippen molar-refractivity contribution in [1.82, 2.24) is 20.4 Å². The van der Waals surface area contributed by atoms with E-state index in [0.717, 1.165) is 70.5 Å². The second-order valence-electron chi connectivity index (χ2n) is 15.8. The number of guanidine groups is 1. The summed E-state index contributed by atoms with van der Waals surface area (Å²) < 4.78 is 12.2. The molecule has 11 nitrogen and oxygen atoms in total. The lowest BCUT2D eigenvalue weighted by Crippen LogP contribution is -2.61. The Hall–Kier alpha value is -3.04. The van der Waals surface area contributed by atoms with Crippen molar-refractivity contribution in [3.8, 4) is 23.3 Å². The van der Waals surface area contributed by atoms with Crippen molar-refractivity contribution in [2.24, 2.45) is 39.8 Å². The number of aromatic hydroxyl groups is 1. The Bertz CT molecular complexity index is 1420. The molecule has 4 fully saturated rings. The monoisotopic (exact) mass is 676 g/mol. The summed E-state index contributed by atoms with van der Waals surface area (Å²) in [5.74, 6) is 9.70. The van der Waals surface area contributed by atoms with E-state index in [2.05, 4.69) is 32.3 Å². The Morgan fingerprint density at radius 3 is 2.82 bits per heavy atom. The molecule has 49 heavy (non-hydrogen) atoms. The normalized spacial score (nSPS) is 38.2. The third-order valence-corrected chi connectivity index (χ3v) is 12.3. The van der Waals surface area contributed by atoms with E-state index in [1.54, 1.807) is 6.07 Å². The van der Waals surface area contributed by atoms with Gasteiger partial charge in [0.05, 0.1) is 18.2 Å². The molecule has 6 bridgehead atoms. The molecule has 7 aliphatic rings. The van der Waals surface area contributed by atoms with Crippen LogP contribution in [0.2, 0.25) is 0 Å². The number of aliphatic hydroxyl groups excluding tert-OH is 1. The molecule has 11 heteroatoms. The summed E-state index contributed by atoms with van der Waals surface area (Å²) in [7, 11) is 0. The van der Waals surface area contributed by atoms with Gasteiger partial charge < -0.3 is 36.1 Å². The highest BCUT2D eigenvalue weighted by atomic mass is 16.5. The van der Waals surface area contributed by atoms with E-state index < -0.39 is 12.2 Å². The average Bonchev–Trinajstić information content (AvgIpc) is 3.09. The van der Waals surface area contributed by atoms with E-state index in [9.17, 15) is 15.0 Å². The zero-order valence-corrected chi connectivity index (χ0v) is 29.1. The minimum atomic E-state index is -0.645. The molecular weight excluding hydrogens is 620 g/mol. The highest BCUT2D eigenvalue weighted by Gasteiger charge is 2.48. The molecule has 8 rings (SSSR count). The predicted molar refractivity (Wildman–Crippen MR) is 188 cm³/mol. The van der Waals surface area contributed by atoms with Gasteiger partial charge in [0.15, 0.2) is 17.5 Å². The van der Waals surface area contributed by atoms with Crippen LogP contribution in [-0.4, -0.2) is 109 Å². The van der Waals surface area contributed by atoms with Gasteiger partial charge in [0.1, 0.15) is 12.2 Å². The quantitative estimate of drug-likeness (QED) is 0.233. The first kappa shape index (κ1) is 34.4. The van der Waals surface area contributed by atoms with Crippen LogP contribution < -0.4 is 21.1 Å². The summed E-state index contributed by atoms with van der Waals surface area (Å²) in [6.07, 6.45) is 7.04. The number of rotatable bonds is 5. The van der Waals surface area contributed by atoms with Crippen molar-refractivity contribution in [1.29, 1.82) is 0 Å². The summed E-state index contributed by atoms with van der Waals surface area (Å²) in [4.78, 5) is 22.4. The Morgan fingerprint density at radius 1 is 1.12 bits per heavy atom. The Balaban J connectivity index is 1.17. The van der Waals surface area contributed by atoms with Crippen LogP contribution in [0.1, 0.15) is 70.3 Å². The minimum absolute atomic E-state index is 0.0548. The van der Waals surface area contributed by atoms with Gasteiger partial charge in [-0.2, -0.15) is 0 Å². The van der Waals surface area contributed by atoms with Gasteiger partial charge in [0.2, 0.25) is 0 Å². The maximum Gasteiger partial charge on any atom is 0.302 e. The number of aliphatic imine (C=N–C) groups is 1. The number of hydrogen-bond donors (Lipinski definition) is 5. The maximum atomic E-state index is 12.3. The van der Waals surface area contributed by atoms with Crippen LogP contribution >= 0.6 is 0 Å². The van der Waals surface area contributed by atoms with Gasteiger partial charge in [-0.3, -0.25) is 14.6 Å². The number of fused-ring (bicyclic) bond motifs is 4. The lowest BCUT2D eigenvalue weighted by Gasteiger charge is -2.55. The molecule has 6 heterocycles. The highest BCUT2D eigenvalue weighted by molar-refractivity contribution is 5.77. The molecular formula is C38H56N6O5. The molecule has 268 valence electrons. The van der Waals surface area contributed by atoms with Crippen LogP contribution in [0.4, 0.5) is 0 Å². The average molecular weight is 677 g/mol. The van der Waals surface area contributed by atoms with Gasteiger partial charge in [0.25, 0.3) is 0 Å². The van der Waals surface area contributed by atoms with Crippen molar-refractivity contribution in [2.45, 2.75) is 95.5 Å². The van der Waals surface area contributed by atoms with Gasteiger partial charge in [-0.25, -0.2) is 4.99 Å². The third kappa shape index (κ3) is 8.14. The Kier molecular flexibility index (Phi) is 10.6. The summed E-state index contributed by atoms with van der Waals surface area (Å²) in [5.41, 5.74) is 7.08. The molecule has 0 amide bonds. The fourth-order valence-electron chi connectivity index (χ4n) is 9.82. The first-order chi connectivity index (χ1) is 23.7. The largest absolute Gasteiger partial charge is 0.504 e. The highest BCUT2D eigenvalue weighted by Crippen LogP contribution is 2.45. The molecule has 1 aromatic rings. The molecule has 0 radical (unpaired) electrons. The van der Waals surface area contributed by atoms with Gasteiger partial charge >= 0.3 is 5.97 Å². The number of nitrogens with two attached hydrogens (primary N) is 1. The molecule has 10 atom stereocenters. The van der Waals surface area contributed by atoms with Gasteiger partial charge in [0, 0.05) is 64.4 Å². The smallest absolute Gasteiger partial charge is 0.302 e. The number of piperidine rings is 4. The molecule has 1 spiro atoms. The van der Waals surface area contributed by atoms with Crippen molar-refractivity contribution in [3.05, 3.63) is 23.8 Å². The number of phenols is 1. The zero-order chi connectivity index (χ0) is 34.0. The van der Waals surface area contributed by atoms with Crippen LogP contribution in [0.5, 0.6) is 11.5 Å². The molecule has 1 aliphatic carbocycles. The number of phenolic OH excluding ortho intramolecular Hbond substituents is 1. The van der Waals surface area contributed by atoms with Gasteiger partial charge in [-0.05, 0) is 99.9 Å². The zero-order valence-electron chi connectivity index (χ0n) is 29.1. The van der Waals surface area contributed by atoms with Crippen LogP contribution in [0, 0.1) is 40.9 Å². The lowest BCUT2D eigenvalue weighted by molar-refractivity contribution is -0.151. The number of aliphatic hydroxyl groups is 1. The van der Waals surface area contributed by atoms with Crippen LogP contribution in [0.15, 0.2) is 23.2 Å². The first-order valence-electron chi connectivity index (χ1n) is 18.8. The molecule has 6 aliphatic heterocycles. The Morgan fingerprint density at radius 2 is 1.98 bits per heavy atom. The molecule has 6 N–H and O–H groups in total. The maximum absolute atomic E-state index is 12.3. The van der Waals surface area contributed by atoms with E-state index in [0.29, 0.717) is 74.4 Å². The van der Waals surface area contributed by atoms with Crippen molar-refractivity contribution >= 4 is 11.9 Å². The molecule has 0 saturated carbocycles. The van der Waals surface area contributed by atoms with E-state index in [1.807, 2.05) is 12.1 Å². The minimum Gasteiger partial charge on any atom is -0.504 e. The molecule has 1 aromatic carbocycles. The summed E-state index contributed by atoms with van der Waals surface area (Å²) >= 11 is 0. The molecule has 10 unspecified atom stereocenters. The van der Waals surface area contributed by atoms with E-state index in [-0.39, 0.29) is 29.2 Å². The van der Waals surface area contributed by atoms with E-state index in [4.69, 9.17) is 20.2 Å². The van der Waals surface area contributed by atoms with Crippen molar-refractivity contribution in [2.75, 3.05) is 52.5 Å². The number of nitrogens with one attached hydrogen (secondary N) is 2. The summed E-state index contributed by atoms with van der Waals surface area (Å²) in [5, 5.41) is 29.0. The van der Waals surface area contributed by atoms with Crippen molar-refractivity contribution < 1.29 is 24.5 Å². The lowest BCUT2D eigenvalue weighted by atomic mass is 9.65. The Labute approximate surface area is 291 Å². The van der Waals surface area contributed by atoms with Crippen LogP contribution in [-0.2, 0) is 16.0 Å². The van der Waals surface area contributed by atoms with Gasteiger partial charge in [-0.15, -0.1) is 5.92 Å². The number of hydrogen-bond acceptors (Lipinski definition) is 11. The van der Waals surface area contributed by atoms with Gasteiger partial charge in [-0.1, -0.05) is 12.0 Å². The topological polar surface area (TPSA) is 145 Å². The van der Waals surface area contributed by atoms with Crippen LogP contribution in [0.25, 0.3) is 0 Å². The fourth-order valence-corrected chi connectivity index (χ4v) is 9.82. The number of benzene rings is 1. The molecule has 4 saturated heterocycles. The van der Waals surface area contributed by atoms with E-state index in [1.165, 1.54) is 19.8 Å². The predicted octanol–water partition coefficient (Wildman–Crippen LogP) is 2.45. The number of esters is 1.